The van der Waals surface area contributed by atoms with Crippen molar-refractivity contribution in [1.29, 1.82) is 0 Å². The molecule has 2 aromatic rings. The third-order valence-electron chi connectivity index (χ3n) is 6.37. The van der Waals surface area contributed by atoms with Crippen LogP contribution in [0.4, 0.5) is 4.79 Å². The summed E-state index contributed by atoms with van der Waals surface area (Å²) in [6.07, 6.45) is 7.69. The molecule has 2 amide bonds. The lowest BCUT2D eigenvalue weighted by molar-refractivity contribution is 0.124. The Bertz CT molecular complexity index is 905. The number of likely N-dealkylation sites (tertiary alicyclic amines) is 1. The first-order chi connectivity index (χ1) is 13.1. The molecule has 1 aromatic carbocycles. The van der Waals surface area contributed by atoms with Gasteiger partial charge >= 0.3 is 6.03 Å². The molecule has 3 atom stereocenters. The Kier molecular flexibility index (Phi) is 4.61. The van der Waals surface area contributed by atoms with Crippen molar-refractivity contribution in [3.8, 4) is 12.3 Å². The quantitative estimate of drug-likeness (QED) is 0.823. The number of aromatic nitrogens is 1. The molecule has 0 bridgehead atoms. The number of benzene rings is 1. The number of urea groups is 1. The molecule has 2 heterocycles. The van der Waals surface area contributed by atoms with Crippen LogP contribution in [0.1, 0.15) is 43.0 Å². The number of hydrogen-bond acceptors (Lipinski definition) is 2. The summed E-state index contributed by atoms with van der Waals surface area (Å²) in [5.41, 5.74) is 4.69. The van der Waals surface area contributed by atoms with Gasteiger partial charge < -0.3 is 20.1 Å². The highest BCUT2D eigenvalue weighted by atomic mass is 16.2. The van der Waals surface area contributed by atoms with Crippen molar-refractivity contribution < 1.29 is 4.79 Å². The van der Waals surface area contributed by atoms with Crippen molar-refractivity contribution in [2.45, 2.75) is 44.7 Å². The molecule has 4 rings (SSSR count). The van der Waals surface area contributed by atoms with E-state index in [4.69, 9.17) is 6.42 Å². The van der Waals surface area contributed by atoms with Crippen molar-refractivity contribution >= 4 is 16.9 Å². The van der Waals surface area contributed by atoms with Crippen molar-refractivity contribution in [1.82, 2.24) is 20.1 Å². The van der Waals surface area contributed by atoms with E-state index in [2.05, 4.69) is 46.4 Å². The van der Waals surface area contributed by atoms with Gasteiger partial charge in [0, 0.05) is 48.5 Å². The number of rotatable bonds is 3. The van der Waals surface area contributed by atoms with E-state index in [9.17, 15) is 4.79 Å². The van der Waals surface area contributed by atoms with Gasteiger partial charge in [0.25, 0.3) is 0 Å². The lowest BCUT2D eigenvalue weighted by Crippen LogP contribution is -2.56. The summed E-state index contributed by atoms with van der Waals surface area (Å²) in [4.78, 5) is 20.2. The fourth-order valence-electron chi connectivity index (χ4n) is 5.03. The molecule has 1 unspecified atom stereocenters. The summed E-state index contributed by atoms with van der Waals surface area (Å²) >= 11 is 0. The number of piperidine rings is 1. The molecular formula is C22H28N4O. The van der Waals surface area contributed by atoms with Gasteiger partial charge in [-0.1, -0.05) is 18.1 Å². The number of fused-ring (bicyclic) bond motifs is 2. The summed E-state index contributed by atoms with van der Waals surface area (Å²) in [6, 6.07) is 7.08. The second-order valence-corrected chi connectivity index (χ2v) is 7.76. The maximum atomic E-state index is 12.5. The van der Waals surface area contributed by atoms with Crippen LogP contribution in [0, 0.1) is 12.3 Å². The van der Waals surface area contributed by atoms with Crippen LogP contribution >= 0.6 is 0 Å². The zero-order valence-electron chi connectivity index (χ0n) is 16.4. The van der Waals surface area contributed by atoms with Crippen LogP contribution < -0.4 is 5.32 Å². The molecule has 5 nitrogen and oxygen atoms in total. The Balaban J connectivity index is 1.65. The summed E-state index contributed by atoms with van der Waals surface area (Å²) in [6.45, 7) is 6.37. The molecule has 1 aliphatic heterocycles. The third kappa shape index (κ3) is 2.89. The average molecular weight is 364 g/mol. The number of carbonyl (C=O) groups excluding carboxylic acids is 1. The van der Waals surface area contributed by atoms with Crippen LogP contribution in [0.3, 0.4) is 0 Å². The molecule has 0 spiro atoms. The Morgan fingerprint density at radius 3 is 2.89 bits per heavy atom. The highest BCUT2D eigenvalue weighted by Gasteiger charge is 2.40. The molecule has 1 aromatic heterocycles. The Hall–Kier alpha value is -2.45. The smallest absolute Gasteiger partial charge is 0.317 e. The van der Waals surface area contributed by atoms with E-state index >= 15 is 0 Å². The van der Waals surface area contributed by atoms with E-state index < -0.39 is 0 Å². The Labute approximate surface area is 161 Å². The first kappa shape index (κ1) is 17.9. The minimum atomic E-state index is 0.0443. The highest BCUT2D eigenvalue weighted by Crippen LogP contribution is 2.44. The normalized spacial score (nSPS) is 24.3. The number of terminal acetylenes is 1. The van der Waals surface area contributed by atoms with Gasteiger partial charge in [0.15, 0.2) is 0 Å². The van der Waals surface area contributed by atoms with Crippen molar-refractivity contribution in [3.05, 3.63) is 35.0 Å². The minimum Gasteiger partial charge on any atom is -0.348 e. The molecule has 2 aliphatic rings. The van der Waals surface area contributed by atoms with Gasteiger partial charge in [0.1, 0.15) is 0 Å². The van der Waals surface area contributed by atoms with Gasteiger partial charge in [-0.3, -0.25) is 0 Å². The van der Waals surface area contributed by atoms with Crippen LogP contribution in [-0.4, -0.2) is 59.6 Å². The topological polar surface area (TPSA) is 51.4 Å². The number of carbonyl (C=O) groups is 1. The van der Waals surface area contributed by atoms with Crippen LogP contribution in [0.5, 0.6) is 0 Å². The van der Waals surface area contributed by atoms with Crippen LogP contribution in [0.15, 0.2) is 18.2 Å². The van der Waals surface area contributed by atoms with Crippen molar-refractivity contribution in [3.63, 3.8) is 0 Å². The van der Waals surface area contributed by atoms with Crippen LogP contribution in [0.25, 0.3) is 10.9 Å². The molecule has 0 radical (unpaired) electrons. The third-order valence-corrected chi connectivity index (χ3v) is 6.37. The van der Waals surface area contributed by atoms with E-state index in [-0.39, 0.29) is 12.1 Å². The van der Waals surface area contributed by atoms with Gasteiger partial charge in [-0.2, -0.15) is 0 Å². The highest BCUT2D eigenvalue weighted by molar-refractivity contribution is 5.90. The molecule has 0 saturated carbocycles. The maximum absolute atomic E-state index is 12.5. The van der Waals surface area contributed by atoms with Gasteiger partial charge in [-0.25, -0.2) is 4.79 Å². The van der Waals surface area contributed by atoms with Crippen LogP contribution in [0.2, 0.25) is 0 Å². The zero-order valence-corrected chi connectivity index (χ0v) is 16.4. The van der Waals surface area contributed by atoms with Gasteiger partial charge in [-0.05, 0) is 50.9 Å². The van der Waals surface area contributed by atoms with E-state index in [0.717, 1.165) is 43.7 Å². The number of nitrogens with zero attached hydrogens (tertiary/aromatic N) is 2. The molecule has 1 aliphatic carbocycles. The SMILES string of the molecule is C#Cc1[nH]c2cccc3c2c1C[C@@H]1C3C[C@H](NC(=O)N(CC)CC)CN1C. The second-order valence-electron chi connectivity index (χ2n) is 7.76. The van der Waals surface area contributed by atoms with Crippen LogP contribution in [-0.2, 0) is 6.42 Å². The predicted octanol–water partition coefficient (Wildman–Crippen LogP) is 2.91. The van der Waals surface area contributed by atoms with E-state index in [1.54, 1.807) is 0 Å². The van der Waals surface area contributed by atoms with Gasteiger partial charge in [-0.15, -0.1) is 6.42 Å². The first-order valence-corrected chi connectivity index (χ1v) is 9.93. The minimum absolute atomic E-state index is 0.0443. The fourth-order valence-corrected chi connectivity index (χ4v) is 5.03. The number of amides is 2. The lowest BCUT2D eigenvalue weighted by atomic mass is 9.73. The molecular weight excluding hydrogens is 336 g/mol. The largest absolute Gasteiger partial charge is 0.348 e. The molecule has 27 heavy (non-hydrogen) atoms. The first-order valence-electron chi connectivity index (χ1n) is 9.93. The van der Waals surface area contributed by atoms with E-state index in [1.165, 1.54) is 16.5 Å². The van der Waals surface area contributed by atoms with Crippen molar-refractivity contribution in [2.24, 2.45) is 0 Å². The predicted molar refractivity (Wildman–Crippen MR) is 109 cm³/mol. The monoisotopic (exact) mass is 364 g/mol. The van der Waals surface area contributed by atoms with Gasteiger partial charge in [0.05, 0.1) is 5.69 Å². The molecule has 1 saturated heterocycles. The lowest BCUT2D eigenvalue weighted by Gasteiger charge is -2.46. The molecule has 5 heteroatoms. The van der Waals surface area contributed by atoms with Gasteiger partial charge in [0.2, 0.25) is 0 Å². The van der Waals surface area contributed by atoms with E-state index in [0.29, 0.717) is 12.0 Å². The number of aromatic amines is 1. The number of nitrogens with one attached hydrogen (secondary N) is 2. The number of H-pyrrole nitrogens is 1. The zero-order chi connectivity index (χ0) is 19.1. The second kappa shape index (κ2) is 6.94. The molecule has 1 fully saturated rings. The van der Waals surface area contributed by atoms with Crippen molar-refractivity contribution in [2.75, 3.05) is 26.7 Å². The summed E-state index contributed by atoms with van der Waals surface area (Å²) in [5.74, 6) is 3.24. The Morgan fingerprint density at radius 1 is 1.41 bits per heavy atom. The standard InChI is InChI=1S/C22H28N4O/c1-5-18-17-12-20-16(15-9-8-10-19(24-18)21(15)17)11-14(13-25(20)4)23-22(27)26(6-2)7-3/h1,8-10,14,16,20,24H,6-7,11-13H2,2-4H3,(H,23,27)/t14-,16?,20+/m0/s1. The average Bonchev–Trinajstić information content (AvgIpc) is 3.03. The fraction of sp³-hybridized carbons (Fsp3) is 0.500. The van der Waals surface area contributed by atoms with E-state index in [1.807, 2.05) is 18.7 Å². The molecule has 2 N–H and O–H groups in total. The summed E-state index contributed by atoms with van der Waals surface area (Å²) in [5, 5.41) is 4.56. The summed E-state index contributed by atoms with van der Waals surface area (Å²) in [7, 11) is 2.17. The molecule has 142 valence electrons. The number of likely N-dealkylation sites (N-methyl/N-ethyl adjacent to an activating group) is 1. The maximum Gasteiger partial charge on any atom is 0.317 e. The number of hydrogen-bond donors (Lipinski definition) is 2. The Morgan fingerprint density at radius 2 is 2.19 bits per heavy atom. The summed E-state index contributed by atoms with van der Waals surface area (Å²) < 4.78 is 0.